The number of nitrogens with zero attached hydrogens (tertiary/aromatic N) is 1. The molecule has 1 aromatic heterocycles. The molecule has 4 nitrogen and oxygen atoms in total. The van der Waals surface area contributed by atoms with E-state index in [1.165, 1.54) is 0 Å². The lowest BCUT2D eigenvalue weighted by molar-refractivity contribution is -0.00619. The number of fused-ring (bicyclic) bond motifs is 1. The molecule has 102 valence electrons. The lowest BCUT2D eigenvalue weighted by atomic mass is 10.0. The second kappa shape index (κ2) is 5.25. The summed E-state index contributed by atoms with van der Waals surface area (Å²) < 4.78 is 12.1. The minimum atomic E-state index is -0.227. The van der Waals surface area contributed by atoms with Crippen LogP contribution in [0.3, 0.4) is 0 Å². The molecule has 0 bridgehead atoms. The standard InChI is InChI=1S/C13H15ClN2O2S/c1-17-13(4-5-18-8-13)7-15-12-16-10-6-9(14)2-3-11(10)19-12/h2-3,6H,4-5,7-8H2,1H3,(H,15,16). The zero-order chi connectivity index (χ0) is 13.3. The van der Waals surface area contributed by atoms with Crippen molar-refractivity contribution in [1.82, 2.24) is 4.98 Å². The van der Waals surface area contributed by atoms with Gasteiger partial charge in [-0.05, 0) is 18.2 Å². The van der Waals surface area contributed by atoms with E-state index >= 15 is 0 Å². The molecular formula is C13H15ClN2O2S. The molecular weight excluding hydrogens is 284 g/mol. The molecule has 1 aliphatic heterocycles. The maximum atomic E-state index is 5.96. The number of ether oxygens (including phenoxy) is 2. The van der Waals surface area contributed by atoms with Crippen LogP contribution in [0.4, 0.5) is 5.13 Å². The summed E-state index contributed by atoms with van der Waals surface area (Å²) in [5.41, 5.74) is 0.698. The third-order valence-electron chi connectivity index (χ3n) is 3.41. The van der Waals surface area contributed by atoms with Gasteiger partial charge in [0.15, 0.2) is 5.13 Å². The van der Waals surface area contributed by atoms with Crippen molar-refractivity contribution in [2.24, 2.45) is 0 Å². The molecule has 0 radical (unpaired) electrons. The summed E-state index contributed by atoms with van der Waals surface area (Å²) in [6.07, 6.45) is 0.910. The van der Waals surface area contributed by atoms with E-state index in [1.807, 2.05) is 18.2 Å². The number of thiazole rings is 1. The molecule has 2 aromatic rings. The van der Waals surface area contributed by atoms with Crippen molar-refractivity contribution in [2.45, 2.75) is 12.0 Å². The van der Waals surface area contributed by atoms with Crippen LogP contribution in [0.5, 0.6) is 0 Å². The van der Waals surface area contributed by atoms with E-state index in [1.54, 1.807) is 18.4 Å². The van der Waals surface area contributed by atoms with Gasteiger partial charge in [-0.2, -0.15) is 0 Å². The zero-order valence-corrected chi connectivity index (χ0v) is 12.2. The third kappa shape index (κ3) is 2.69. The predicted octanol–water partition coefficient (Wildman–Crippen LogP) is 3.17. The van der Waals surface area contributed by atoms with Crippen LogP contribution in [0, 0.1) is 0 Å². The Kier molecular flexibility index (Phi) is 3.62. The molecule has 1 N–H and O–H groups in total. The Morgan fingerprint density at radius 3 is 3.21 bits per heavy atom. The summed E-state index contributed by atoms with van der Waals surface area (Å²) >= 11 is 7.58. The molecule has 1 atom stereocenters. The van der Waals surface area contributed by atoms with E-state index < -0.39 is 0 Å². The molecule has 1 saturated heterocycles. The SMILES string of the molecule is COC1(CNc2nc3cc(Cl)ccc3s2)CCOC1. The number of rotatable bonds is 4. The fourth-order valence-corrected chi connectivity index (χ4v) is 3.18. The summed E-state index contributed by atoms with van der Waals surface area (Å²) in [6.45, 7) is 2.09. The van der Waals surface area contributed by atoms with Gasteiger partial charge in [-0.25, -0.2) is 4.98 Å². The number of hydrogen-bond donors (Lipinski definition) is 1. The van der Waals surface area contributed by atoms with Crippen LogP contribution in [0.2, 0.25) is 5.02 Å². The second-order valence-electron chi connectivity index (χ2n) is 4.67. The van der Waals surface area contributed by atoms with E-state index in [2.05, 4.69) is 10.3 Å². The van der Waals surface area contributed by atoms with Crippen LogP contribution in [0.1, 0.15) is 6.42 Å². The summed E-state index contributed by atoms with van der Waals surface area (Å²) in [4.78, 5) is 4.53. The first-order chi connectivity index (χ1) is 9.21. The molecule has 1 fully saturated rings. The largest absolute Gasteiger partial charge is 0.378 e. The minimum Gasteiger partial charge on any atom is -0.378 e. The summed E-state index contributed by atoms with van der Waals surface area (Å²) in [5.74, 6) is 0. The number of hydrogen-bond acceptors (Lipinski definition) is 5. The first kappa shape index (κ1) is 13.1. The molecule has 3 rings (SSSR count). The first-order valence-electron chi connectivity index (χ1n) is 6.14. The lowest BCUT2D eigenvalue weighted by Gasteiger charge is -2.25. The van der Waals surface area contributed by atoms with Crippen molar-refractivity contribution >= 4 is 38.3 Å². The van der Waals surface area contributed by atoms with Gasteiger partial charge in [0.2, 0.25) is 0 Å². The molecule has 1 unspecified atom stereocenters. The molecule has 0 spiro atoms. The zero-order valence-electron chi connectivity index (χ0n) is 10.6. The highest BCUT2D eigenvalue weighted by molar-refractivity contribution is 7.22. The maximum absolute atomic E-state index is 5.96. The molecule has 19 heavy (non-hydrogen) atoms. The molecule has 2 heterocycles. The van der Waals surface area contributed by atoms with Gasteiger partial charge in [0.25, 0.3) is 0 Å². The smallest absolute Gasteiger partial charge is 0.183 e. The van der Waals surface area contributed by atoms with Crippen molar-refractivity contribution < 1.29 is 9.47 Å². The average molecular weight is 299 g/mol. The van der Waals surface area contributed by atoms with E-state index in [9.17, 15) is 0 Å². The Morgan fingerprint density at radius 2 is 2.47 bits per heavy atom. The quantitative estimate of drug-likeness (QED) is 0.941. The van der Waals surface area contributed by atoms with Crippen LogP contribution in [0.15, 0.2) is 18.2 Å². The van der Waals surface area contributed by atoms with Crippen LogP contribution in [-0.4, -0.2) is 37.5 Å². The van der Waals surface area contributed by atoms with E-state index in [4.69, 9.17) is 21.1 Å². The van der Waals surface area contributed by atoms with Crippen molar-refractivity contribution in [3.05, 3.63) is 23.2 Å². The number of halogens is 1. The number of aromatic nitrogens is 1. The highest BCUT2D eigenvalue weighted by Gasteiger charge is 2.34. The van der Waals surface area contributed by atoms with Gasteiger partial charge >= 0.3 is 0 Å². The van der Waals surface area contributed by atoms with Crippen molar-refractivity contribution in [3.8, 4) is 0 Å². The van der Waals surface area contributed by atoms with E-state index in [0.29, 0.717) is 18.2 Å². The predicted molar refractivity (Wildman–Crippen MR) is 78.3 cm³/mol. The topological polar surface area (TPSA) is 43.4 Å². The van der Waals surface area contributed by atoms with E-state index in [0.717, 1.165) is 28.4 Å². The normalized spacial score (nSPS) is 23.1. The number of anilines is 1. The van der Waals surface area contributed by atoms with Crippen molar-refractivity contribution in [1.29, 1.82) is 0 Å². The van der Waals surface area contributed by atoms with Crippen molar-refractivity contribution in [2.75, 3.05) is 32.2 Å². The van der Waals surface area contributed by atoms with Gasteiger partial charge in [0.05, 0.1) is 16.8 Å². The highest BCUT2D eigenvalue weighted by Crippen LogP contribution is 2.29. The molecule has 1 aromatic carbocycles. The van der Waals surface area contributed by atoms with Gasteiger partial charge in [-0.1, -0.05) is 22.9 Å². The van der Waals surface area contributed by atoms with Crippen molar-refractivity contribution in [3.63, 3.8) is 0 Å². The van der Waals surface area contributed by atoms with Gasteiger partial charge in [0.1, 0.15) is 5.60 Å². The second-order valence-corrected chi connectivity index (χ2v) is 6.14. The van der Waals surface area contributed by atoms with Gasteiger partial charge in [0, 0.05) is 31.7 Å². The average Bonchev–Trinajstić information content (AvgIpc) is 3.02. The van der Waals surface area contributed by atoms with Gasteiger partial charge in [-0.3, -0.25) is 0 Å². The van der Waals surface area contributed by atoms with Crippen LogP contribution < -0.4 is 5.32 Å². The fraction of sp³-hybridized carbons (Fsp3) is 0.462. The number of methoxy groups -OCH3 is 1. The Morgan fingerprint density at radius 1 is 1.58 bits per heavy atom. The Bertz CT molecular complexity index is 581. The third-order valence-corrected chi connectivity index (χ3v) is 4.64. The molecule has 1 aliphatic rings. The minimum absolute atomic E-state index is 0.227. The van der Waals surface area contributed by atoms with Crippen LogP contribution in [-0.2, 0) is 9.47 Å². The molecule has 0 amide bonds. The molecule has 6 heteroatoms. The monoisotopic (exact) mass is 298 g/mol. The molecule has 0 aliphatic carbocycles. The number of benzene rings is 1. The number of nitrogens with one attached hydrogen (secondary N) is 1. The highest BCUT2D eigenvalue weighted by atomic mass is 35.5. The Balaban J connectivity index is 1.74. The van der Waals surface area contributed by atoms with Crippen LogP contribution in [0.25, 0.3) is 10.2 Å². The summed E-state index contributed by atoms with van der Waals surface area (Å²) in [7, 11) is 1.73. The van der Waals surface area contributed by atoms with Gasteiger partial charge in [-0.15, -0.1) is 0 Å². The van der Waals surface area contributed by atoms with E-state index in [-0.39, 0.29) is 5.60 Å². The summed E-state index contributed by atoms with van der Waals surface area (Å²) in [5, 5.41) is 4.95. The Hall–Kier alpha value is -0.880. The van der Waals surface area contributed by atoms with Crippen LogP contribution >= 0.6 is 22.9 Å². The molecule has 0 saturated carbocycles. The lowest BCUT2D eigenvalue weighted by Crippen LogP contribution is -2.39. The first-order valence-corrected chi connectivity index (χ1v) is 7.33. The maximum Gasteiger partial charge on any atom is 0.183 e. The summed E-state index contributed by atoms with van der Waals surface area (Å²) in [6, 6.07) is 5.75. The van der Waals surface area contributed by atoms with Gasteiger partial charge < -0.3 is 14.8 Å². The Labute approximate surface area is 120 Å². The fourth-order valence-electron chi connectivity index (χ4n) is 2.17.